The highest BCUT2D eigenvalue weighted by molar-refractivity contribution is 7.09. The molecule has 2 aromatic rings. The van der Waals surface area contributed by atoms with Crippen molar-refractivity contribution in [1.82, 2.24) is 19.9 Å². The molecule has 0 aliphatic heterocycles. The van der Waals surface area contributed by atoms with E-state index in [1.54, 1.807) is 0 Å². The van der Waals surface area contributed by atoms with Gasteiger partial charge in [0.2, 0.25) is 11.2 Å². The van der Waals surface area contributed by atoms with Crippen molar-refractivity contribution in [3.05, 3.63) is 15.7 Å². The molecule has 2 heterocycles. The molecule has 0 amide bonds. The van der Waals surface area contributed by atoms with E-state index in [1.165, 1.54) is 11.3 Å². The van der Waals surface area contributed by atoms with Crippen LogP contribution in [-0.2, 0) is 0 Å². The van der Waals surface area contributed by atoms with Crippen molar-refractivity contribution in [2.45, 2.75) is 6.92 Å². The van der Waals surface area contributed by atoms with E-state index in [4.69, 9.17) is 17.3 Å². The molecule has 0 atom stereocenters. The predicted molar refractivity (Wildman–Crippen MR) is 55.1 cm³/mol. The van der Waals surface area contributed by atoms with Crippen LogP contribution in [-0.4, -0.2) is 19.9 Å². The Bertz CT molecular complexity index is 449. The van der Waals surface area contributed by atoms with Crippen molar-refractivity contribution < 1.29 is 0 Å². The van der Waals surface area contributed by atoms with E-state index in [-0.39, 0.29) is 11.2 Å². The van der Waals surface area contributed by atoms with E-state index in [0.717, 1.165) is 5.01 Å². The maximum atomic E-state index is 5.64. The van der Waals surface area contributed by atoms with E-state index in [0.29, 0.717) is 11.5 Å². The van der Waals surface area contributed by atoms with Crippen LogP contribution < -0.4 is 5.73 Å². The lowest BCUT2D eigenvalue weighted by Gasteiger charge is -1.96. The average Bonchev–Trinajstić information content (AvgIpc) is 2.50. The van der Waals surface area contributed by atoms with Crippen molar-refractivity contribution in [2.75, 3.05) is 5.73 Å². The molecule has 72 valence electrons. The SMILES string of the molecule is Cc1nc(-c2nc(N)nc(Cl)n2)cs1. The molecule has 2 N–H and O–H groups in total. The number of anilines is 1. The molecular formula is C7H6ClN5S. The van der Waals surface area contributed by atoms with Crippen LogP contribution in [0.3, 0.4) is 0 Å². The average molecular weight is 228 g/mol. The minimum Gasteiger partial charge on any atom is -0.368 e. The predicted octanol–water partition coefficient (Wildman–Crippen LogP) is 1.54. The maximum Gasteiger partial charge on any atom is 0.227 e. The third kappa shape index (κ3) is 1.80. The molecule has 0 saturated carbocycles. The Hall–Kier alpha value is -1.27. The summed E-state index contributed by atoms with van der Waals surface area (Å²) in [6.45, 7) is 1.90. The van der Waals surface area contributed by atoms with Gasteiger partial charge in [-0.2, -0.15) is 15.0 Å². The lowest BCUT2D eigenvalue weighted by Crippen LogP contribution is -1.99. The molecule has 0 aliphatic carbocycles. The van der Waals surface area contributed by atoms with Crippen LogP contribution in [0.4, 0.5) is 5.95 Å². The third-order valence-corrected chi connectivity index (χ3v) is 2.42. The Kier molecular flexibility index (Phi) is 2.30. The number of halogens is 1. The molecule has 0 bridgehead atoms. The Balaban J connectivity index is 2.51. The van der Waals surface area contributed by atoms with Crippen molar-refractivity contribution in [2.24, 2.45) is 0 Å². The number of thiazole rings is 1. The lowest BCUT2D eigenvalue weighted by molar-refractivity contribution is 1.06. The topological polar surface area (TPSA) is 77.6 Å². The molecule has 7 heteroatoms. The zero-order valence-electron chi connectivity index (χ0n) is 7.23. The summed E-state index contributed by atoms with van der Waals surface area (Å²) in [6, 6.07) is 0. The molecule has 0 fully saturated rings. The third-order valence-electron chi connectivity index (χ3n) is 1.47. The zero-order valence-corrected chi connectivity index (χ0v) is 8.80. The first-order valence-corrected chi connectivity index (χ1v) is 5.00. The number of rotatable bonds is 1. The molecule has 14 heavy (non-hydrogen) atoms. The first-order valence-electron chi connectivity index (χ1n) is 3.75. The largest absolute Gasteiger partial charge is 0.368 e. The van der Waals surface area contributed by atoms with Crippen LogP contribution in [0.25, 0.3) is 11.5 Å². The van der Waals surface area contributed by atoms with E-state index in [2.05, 4.69) is 19.9 Å². The van der Waals surface area contributed by atoms with Crippen molar-refractivity contribution in [3.8, 4) is 11.5 Å². The summed E-state index contributed by atoms with van der Waals surface area (Å²) in [5.41, 5.74) is 6.10. The second-order valence-electron chi connectivity index (χ2n) is 2.54. The van der Waals surface area contributed by atoms with Gasteiger partial charge >= 0.3 is 0 Å². The van der Waals surface area contributed by atoms with Gasteiger partial charge in [0.25, 0.3) is 0 Å². The highest BCUT2D eigenvalue weighted by atomic mass is 35.5. The van der Waals surface area contributed by atoms with Gasteiger partial charge < -0.3 is 5.73 Å². The summed E-state index contributed by atoms with van der Waals surface area (Å²) in [6.07, 6.45) is 0. The summed E-state index contributed by atoms with van der Waals surface area (Å²) < 4.78 is 0. The molecule has 0 aromatic carbocycles. The van der Waals surface area contributed by atoms with Crippen molar-refractivity contribution in [1.29, 1.82) is 0 Å². The summed E-state index contributed by atoms with van der Waals surface area (Å²) in [7, 11) is 0. The minimum absolute atomic E-state index is 0.0816. The van der Waals surface area contributed by atoms with E-state index >= 15 is 0 Å². The first kappa shape index (κ1) is 9.29. The summed E-state index contributed by atoms with van der Waals surface area (Å²) >= 11 is 7.16. The van der Waals surface area contributed by atoms with Gasteiger partial charge in [0, 0.05) is 5.38 Å². The maximum absolute atomic E-state index is 5.64. The molecule has 2 aromatic heterocycles. The van der Waals surface area contributed by atoms with Gasteiger partial charge in [0.1, 0.15) is 5.69 Å². The fraction of sp³-hybridized carbons (Fsp3) is 0.143. The number of nitrogens with two attached hydrogens (primary N) is 1. The Morgan fingerprint density at radius 3 is 2.64 bits per heavy atom. The highest BCUT2D eigenvalue weighted by Crippen LogP contribution is 2.19. The summed E-state index contributed by atoms with van der Waals surface area (Å²) in [4.78, 5) is 15.7. The quantitative estimate of drug-likeness (QED) is 0.800. The second kappa shape index (κ2) is 3.47. The number of aromatic nitrogens is 4. The monoisotopic (exact) mass is 227 g/mol. The molecule has 0 radical (unpaired) electrons. The van der Waals surface area contributed by atoms with Crippen LogP contribution in [0, 0.1) is 6.92 Å². The molecular weight excluding hydrogens is 222 g/mol. The van der Waals surface area contributed by atoms with Gasteiger partial charge in [-0.1, -0.05) is 0 Å². The van der Waals surface area contributed by atoms with E-state index in [9.17, 15) is 0 Å². The van der Waals surface area contributed by atoms with Gasteiger partial charge in [-0.3, -0.25) is 0 Å². The summed E-state index contributed by atoms with van der Waals surface area (Å²) in [5.74, 6) is 0.512. The fourth-order valence-electron chi connectivity index (χ4n) is 0.946. The Morgan fingerprint density at radius 1 is 1.29 bits per heavy atom. The minimum atomic E-state index is 0.0816. The van der Waals surface area contributed by atoms with Crippen LogP contribution in [0.2, 0.25) is 5.28 Å². The number of nitrogens with zero attached hydrogens (tertiary/aromatic N) is 4. The number of hydrogen-bond acceptors (Lipinski definition) is 6. The van der Waals surface area contributed by atoms with Crippen LogP contribution in [0.1, 0.15) is 5.01 Å². The van der Waals surface area contributed by atoms with Crippen LogP contribution in [0.15, 0.2) is 5.38 Å². The molecule has 0 spiro atoms. The van der Waals surface area contributed by atoms with Crippen LogP contribution >= 0.6 is 22.9 Å². The first-order chi connectivity index (χ1) is 6.65. The fourth-order valence-corrected chi connectivity index (χ4v) is 1.70. The lowest BCUT2D eigenvalue weighted by atomic mass is 10.4. The van der Waals surface area contributed by atoms with Gasteiger partial charge in [0.15, 0.2) is 5.82 Å². The van der Waals surface area contributed by atoms with Gasteiger partial charge in [-0.25, -0.2) is 4.98 Å². The molecule has 5 nitrogen and oxygen atoms in total. The van der Waals surface area contributed by atoms with E-state index < -0.39 is 0 Å². The van der Waals surface area contributed by atoms with Crippen molar-refractivity contribution >= 4 is 28.9 Å². The van der Waals surface area contributed by atoms with Crippen LogP contribution in [0.5, 0.6) is 0 Å². The number of hydrogen-bond donors (Lipinski definition) is 1. The highest BCUT2D eigenvalue weighted by Gasteiger charge is 2.07. The van der Waals surface area contributed by atoms with E-state index in [1.807, 2.05) is 12.3 Å². The molecule has 0 aliphatic rings. The normalized spacial score (nSPS) is 10.4. The van der Waals surface area contributed by atoms with Gasteiger partial charge in [-0.15, -0.1) is 11.3 Å². The zero-order chi connectivity index (χ0) is 10.1. The number of nitrogen functional groups attached to an aromatic ring is 1. The molecule has 0 unspecified atom stereocenters. The Labute approximate surface area is 89.0 Å². The van der Waals surface area contributed by atoms with Gasteiger partial charge in [-0.05, 0) is 18.5 Å². The summed E-state index contributed by atoms with van der Waals surface area (Å²) in [5, 5.41) is 2.87. The second-order valence-corrected chi connectivity index (χ2v) is 3.94. The smallest absolute Gasteiger partial charge is 0.227 e. The molecule has 0 saturated heterocycles. The molecule has 2 rings (SSSR count). The Morgan fingerprint density at radius 2 is 2.07 bits per heavy atom. The van der Waals surface area contributed by atoms with Crippen molar-refractivity contribution in [3.63, 3.8) is 0 Å². The van der Waals surface area contributed by atoms with Gasteiger partial charge in [0.05, 0.1) is 5.01 Å². The standard InChI is InChI=1S/C7H6ClN5S/c1-3-10-4(2-14-3)5-11-6(8)13-7(9)12-5/h2H,1H3,(H2,9,11,12,13). The number of aryl methyl sites for hydroxylation is 1.